The van der Waals surface area contributed by atoms with Crippen LogP contribution in [0.15, 0.2) is 53.9 Å². The molecule has 0 amide bonds. The number of esters is 1. The van der Waals surface area contributed by atoms with Crippen molar-refractivity contribution in [1.29, 1.82) is 5.26 Å². The number of hydrogen-bond donors (Lipinski definition) is 2. The largest absolute Gasteiger partial charge is 0.493 e. The van der Waals surface area contributed by atoms with E-state index in [0.29, 0.717) is 22.8 Å². The van der Waals surface area contributed by atoms with E-state index in [1.165, 1.54) is 14.0 Å². The summed E-state index contributed by atoms with van der Waals surface area (Å²) in [7, 11) is 1.48. The zero-order valence-corrected chi connectivity index (χ0v) is 17.2. The molecule has 0 saturated heterocycles. The normalized spacial score (nSPS) is 15.0. The van der Waals surface area contributed by atoms with Gasteiger partial charge in [-0.3, -0.25) is 9.89 Å². The number of carbonyl (C=O) groups excluding carboxylic acids is 1. The number of ether oxygens (including phenoxy) is 3. The second-order valence-electron chi connectivity index (χ2n) is 7.11. The van der Waals surface area contributed by atoms with Crippen molar-refractivity contribution in [1.82, 2.24) is 10.2 Å². The summed E-state index contributed by atoms with van der Waals surface area (Å²) in [6, 6.07) is 15.2. The third-order valence-corrected chi connectivity index (χ3v) is 5.05. The number of H-pyrrole nitrogens is 1. The molecule has 8 heteroatoms. The third kappa shape index (κ3) is 3.57. The monoisotopic (exact) mass is 416 g/mol. The number of nitrogens with zero attached hydrogens (tertiary/aromatic N) is 2. The van der Waals surface area contributed by atoms with E-state index in [1.807, 2.05) is 31.2 Å². The van der Waals surface area contributed by atoms with Crippen molar-refractivity contribution in [3.63, 3.8) is 0 Å². The van der Waals surface area contributed by atoms with Gasteiger partial charge in [-0.2, -0.15) is 5.26 Å². The zero-order chi connectivity index (χ0) is 22.1. The topological polar surface area (TPSA) is 123 Å². The number of aromatic amines is 1. The molecular formula is C23H20N4O4. The molecule has 0 bridgehead atoms. The van der Waals surface area contributed by atoms with E-state index < -0.39 is 11.9 Å². The number of hydrogen-bond acceptors (Lipinski definition) is 7. The van der Waals surface area contributed by atoms with Gasteiger partial charge in [0.15, 0.2) is 11.5 Å². The Morgan fingerprint density at radius 2 is 1.97 bits per heavy atom. The van der Waals surface area contributed by atoms with Gasteiger partial charge in [0.05, 0.1) is 24.3 Å². The second-order valence-corrected chi connectivity index (χ2v) is 7.11. The summed E-state index contributed by atoms with van der Waals surface area (Å²) in [5, 5.41) is 17.1. The van der Waals surface area contributed by atoms with Crippen molar-refractivity contribution in [3.8, 4) is 34.7 Å². The molecule has 156 valence electrons. The Kier molecular flexibility index (Phi) is 5.09. The number of aryl methyl sites for hydroxylation is 1. The Bertz CT molecular complexity index is 1240. The molecule has 1 unspecified atom stereocenters. The summed E-state index contributed by atoms with van der Waals surface area (Å²) in [6.07, 6.45) is 0. The van der Waals surface area contributed by atoms with Crippen LogP contribution in [0.1, 0.15) is 29.5 Å². The van der Waals surface area contributed by atoms with E-state index in [-0.39, 0.29) is 17.2 Å². The average molecular weight is 416 g/mol. The molecule has 2 heterocycles. The number of rotatable bonds is 4. The van der Waals surface area contributed by atoms with Crippen LogP contribution in [-0.2, 0) is 4.79 Å². The van der Waals surface area contributed by atoms with Gasteiger partial charge in [-0.1, -0.05) is 35.9 Å². The molecule has 1 aromatic heterocycles. The van der Waals surface area contributed by atoms with Crippen molar-refractivity contribution in [2.45, 2.75) is 19.8 Å². The summed E-state index contributed by atoms with van der Waals surface area (Å²) < 4.78 is 16.2. The maximum atomic E-state index is 11.4. The Morgan fingerprint density at radius 1 is 1.23 bits per heavy atom. The summed E-state index contributed by atoms with van der Waals surface area (Å²) in [5.74, 6) is -0.0728. The molecule has 0 aliphatic carbocycles. The summed E-state index contributed by atoms with van der Waals surface area (Å²) in [4.78, 5) is 11.4. The maximum absolute atomic E-state index is 11.4. The Labute approximate surface area is 178 Å². The van der Waals surface area contributed by atoms with Crippen LogP contribution in [-0.4, -0.2) is 23.3 Å². The standard InChI is InChI=1S/C23H20N4O4/c1-12-4-6-14(7-5-12)21-20-19(16(11-24)22(25)31-23(20)27-26-21)15-8-9-17(30-13(2)28)18(10-15)29-3/h4-10,19H,25H2,1-3H3,(H,26,27). The first-order valence-corrected chi connectivity index (χ1v) is 9.52. The molecule has 0 fully saturated rings. The van der Waals surface area contributed by atoms with Gasteiger partial charge in [0.2, 0.25) is 11.8 Å². The summed E-state index contributed by atoms with van der Waals surface area (Å²) in [5.41, 5.74) is 10.5. The quantitative estimate of drug-likeness (QED) is 0.492. The van der Waals surface area contributed by atoms with E-state index in [9.17, 15) is 10.1 Å². The van der Waals surface area contributed by atoms with Crippen LogP contribution in [0.3, 0.4) is 0 Å². The van der Waals surface area contributed by atoms with Gasteiger partial charge >= 0.3 is 5.97 Å². The molecule has 4 rings (SSSR count). The van der Waals surface area contributed by atoms with Crippen LogP contribution in [0.2, 0.25) is 0 Å². The molecule has 0 spiro atoms. The molecule has 0 saturated carbocycles. The van der Waals surface area contributed by atoms with Crippen molar-refractivity contribution < 1.29 is 19.0 Å². The fourth-order valence-electron chi connectivity index (χ4n) is 3.62. The van der Waals surface area contributed by atoms with Gasteiger partial charge < -0.3 is 19.9 Å². The number of carbonyl (C=O) groups is 1. The van der Waals surface area contributed by atoms with Crippen molar-refractivity contribution in [3.05, 3.63) is 70.6 Å². The number of methoxy groups -OCH3 is 1. The van der Waals surface area contributed by atoms with E-state index in [2.05, 4.69) is 16.3 Å². The fourth-order valence-corrected chi connectivity index (χ4v) is 3.62. The minimum atomic E-state index is -0.552. The lowest BCUT2D eigenvalue weighted by Crippen LogP contribution is -2.21. The molecule has 1 atom stereocenters. The highest BCUT2D eigenvalue weighted by Crippen LogP contribution is 2.47. The number of nitriles is 1. The van der Waals surface area contributed by atoms with Crippen molar-refractivity contribution in [2.75, 3.05) is 7.11 Å². The molecule has 31 heavy (non-hydrogen) atoms. The summed E-state index contributed by atoms with van der Waals surface area (Å²) >= 11 is 0. The Morgan fingerprint density at radius 3 is 2.61 bits per heavy atom. The highest BCUT2D eigenvalue weighted by atomic mass is 16.6. The molecule has 3 N–H and O–H groups in total. The highest BCUT2D eigenvalue weighted by Gasteiger charge is 2.36. The van der Waals surface area contributed by atoms with E-state index in [0.717, 1.165) is 16.8 Å². The van der Waals surface area contributed by atoms with Gasteiger partial charge in [0.25, 0.3) is 0 Å². The predicted octanol–water partition coefficient (Wildman–Crippen LogP) is 3.54. The SMILES string of the molecule is COc1cc(C2C(C#N)=C(N)Oc3n[nH]c(-c4ccc(C)cc4)c32)ccc1OC(C)=O. The van der Waals surface area contributed by atoms with Crippen LogP contribution in [0, 0.1) is 18.3 Å². The molecular weight excluding hydrogens is 396 g/mol. The van der Waals surface area contributed by atoms with Crippen LogP contribution in [0.5, 0.6) is 17.4 Å². The molecule has 2 aromatic carbocycles. The maximum Gasteiger partial charge on any atom is 0.308 e. The van der Waals surface area contributed by atoms with Crippen LogP contribution < -0.4 is 19.9 Å². The van der Waals surface area contributed by atoms with E-state index in [1.54, 1.807) is 18.2 Å². The number of benzene rings is 2. The molecule has 3 aromatic rings. The van der Waals surface area contributed by atoms with Gasteiger partial charge in [-0.25, -0.2) is 0 Å². The summed E-state index contributed by atoms with van der Waals surface area (Å²) in [6.45, 7) is 3.32. The number of allylic oxidation sites excluding steroid dienone is 1. The first kappa shape index (κ1) is 20.0. The first-order chi connectivity index (χ1) is 14.9. The molecule has 1 aliphatic heterocycles. The van der Waals surface area contributed by atoms with E-state index in [4.69, 9.17) is 19.9 Å². The van der Waals surface area contributed by atoms with Crippen LogP contribution in [0.4, 0.5) is 0 Å². The average Bonchev–Trinajstić information content (AvgIpc) is 3.16. The number of nitrogens with one attached hydrogen (secondary N) is 1. The van der Waals surface area contributed by atoms with E-state index >= 15 is 0 Å². The number of aromatic nitrogens is 2. The Hall–Kier alpha value is -4.25. The van der Waals surface area contributed by atoms with Gasteiger partial charge in [-0.05, 0) is 24.6 Å². The lowest BCUT2D eigenvalue weighted by atomic mass is 9.83. The second kappa shape index (κ2) is 7.88. The number of fused-ring (bicyclic) bond motifs is 1. The lowest BCUT2D eigenvalue weighted by Gasteiger charge is -2.24. The third-order valence-electron chi connectivity index (χ3n) is 5.05. The van der Waals surface area contributed by atoms with Crippen molar-refractivity contribution >= 4 is 5.97 Å². The number of nitrogens with two attached hydrogens (primary N) is 1. The molecule has 1 aliphatic rings. The Balaban J connectivity index is 1.90. The highest BCUT2D eigenvalue weighted by molar-refractivity contribution is 5.72. The fraction of sp³-hybridized carbons (Fsp3) is 0.174. The van der Waals surface area contributed by atoms with Gasteiger partial charge in [-0.15, -0.1) is 5.10 Å². The van der Waals surface area contributed by atoms with Crippen LogP contribution >= 0.6 is 0 Å². The molecule has 8 nitrogen and oxygen atoms in total. The lowest BCUT2D eigenvalue weighted by molar-refractivity contribution is -0.132. The smallest absolute Gasteiger partial charge is 0.308 e. The first-order valence-electron chi connectivity index (χ1n) is 9.52. The molecule has 0 radical (unpaired) electrons. The van der Waals surface area contributed by atoms with Gasteiger partial charge in [0, 0.05) is 12.5 Å². The van der Waals surface area contributed by atoms with Crippen molar-refractivity contribution in [2.24, 2.45) is 5.73 Å². The minimum absolute atomic E-state index is 0.00927. The zero-order valence-electron chi connectivity index (χ0n) is 17.2. The van der Waals surface area contributed by atoms with Gasteiger partial charge in [0.1, 0.15) is 11.6 Å². The van der Waals surface area contributed by atoms with Crippen LogP contribution in [0.25, 0.3) is 11.3 Å². The predicted molar refractivity (Wildman–Crippen MR) is 112 cm³/mol. The minimum Gasteiger partial charge on any atom is -0.493 e.